The topological polar surface area (TPSA) is 111 Å². The summed E-state index contributed by atoms with van der Waals surface area (Å²) >= 11 is 0. The molecule has 212 valence electrons. The Morgan fingerprint density at radius 3 is 2.21 bits per heavy atom. The number of methoxy groups -OCH3 is 1. The van der Waals surface area contributed by atoms with Gasteiger partial charge in [0.25, 0.3) is 5.82 Å². The van der Waals surface area contributed by atoms with Gasteiger partial charge < -0.3 is 9.29 Å². The molecule has 6 aromatic rings. The van der Waals surface area contributed by atoms with Crippen LogP contribution in [-0.2, 0) is 10.1 Å². The third-order valence-electron chi connectivity index (χ3n) is 6.43. The van der Waals surface area contributed by atoms with Crippen LogP contribution in [0.1, 0.15) is 5.56 Å². The Bertz CT molecular complexity index is 2070. The molecule has 0 fully saturated rings. The molecule has 0 amide bonds. The molecule has 0 radical (unpaired) electrons. The van der Waals surface area contributed by atoms with Gasteiger partial charge in [0.15, 0.2) is 15.6 Å². The molecule has 0 spiro atoms. The SMILES string of the molecule is COc1ccc(Nc2c3c4ccccc4cc(-c4ccccc4)n3c3ccc(C#N)c[n+]23)cc1.O=S(=O)([O-])C(F)(F)F. The van der Waals surface area contributed by atoms with Gasteiger partial charge in [0.05, 0.1) is 24.6 Å². The number of rotatable bonds is 4. The first-order valence-corrected chi connectivity index (χ1v) is 13.7. The minimum absolute atomic E-state index is 0.594. The summed E-state index contributed by atoms with van der Waals surface area (Å²) in [5.74, 6) is 1.69. The van der Waals surface area contributed by atoms with Gasteiger partial charge in [0, 0.05) is 17.0 Å². The zero-order valence-electron chi connectivity index (χ0n) is 21.8. The summed E-state index contributed by atoms with van der Waals surface area (Å²) < 4.78 is 68.6. The number of halogens is 3. The van der Waals surface area contributed by atoms with Crippen molar-refractivity contribution in [3.8, 4) is 23.1 Å². The van der Waals surface area contributed by atoms with Gasteiger partial charge in [0.1, 0.15) is 17.5 Å². The fourth-order valence-corrected chi connectivity index (χ4v) is 4.55. The average molecular weight is 591 g/mol. The second-order valence-electron chi connectivity index (χ2n) is 9.03. The molecule has 0 aliphatic rings. The highest BCUT2D eigenvalue weighted by molar-refractivity contribution is 7.86. The fraction of sp³-hybridized carbons (Fsp3) is 0.0667. The maximum Gasteiger partial charge on any atom is 0.485 e. The molecule has 12 heteroatoms. The smallest absolute Gasteiger partial charge is 0.485 e. The molecule has 0 aliphatic carbocycles. The molecule has 8 nitrogen and oxygen atoms in total. The van der Waals surface area contributed by atoms with Crippen molar-refractivity contribution in [1.82, 2.24) is 4.40 Å². The first-order valence-electron chi connectivity index (χ1n) is 12.3. The molecule has 42 heavy (non-hydrogen) atoms. The maximum atomic E-state index is 10.7. The van der Waals surface area contributed by atoms with E-state index in [9.17, 15) is 18.4 Å². The molecule has 0 aliphatic heterocycles. The molecule has 0 unspecified atom stereocenters. The Kier molecular flexibility index (Phi) is 7.47. The highest BCUT2D eigenvalue weighted by Crippen LogP contribution is 2.34. The first kappa shape index (κ1) is 28.4. The second kappa shape index (κ2) is 11.0. The number of benzene rings is 3. The number of nitriles is 1. The maximum absolute atomic E-state index is 10.7. The Labute approximate surface area is 238 Å². The highest BCUT2D eigenvalue weighted by Gasteiger charge is 2.37. The summed E-state index contributed by atoms with van der Waals surface area (Å²) in [5, 5.41) is 15.5. The van der Waals surface area contributed by atoms with Gasteiger partial charge in [-0.2, -0.15) is 18.4 Å². The van der Waals surface area contributed by atoms with Crippen LogP contribution in [0.3, 0.4) is 0 Å². The first-order chi connectivity index (χ1) is 20.0. The summed E-state index contributed by atoms with van der Waals surface area (Å²) in [7, 11) is -4.43. The van der Waals surface area contributed by atoms with Crippen molar-refractivity contribution in [1.29, 1.82) is 5.26 Å². The van der Waals surface area contributed by atoms with E-state index < -0.39 is 15.6 Å². The molecule has 6 rings (SSSR count). The number of imidazole rings is 1. The number of hydrogen-bond acceptors (Lipinski definition) is 6. The van der Waals surface area contributed by atoms with Crippen molar-refractivity contribution < 1.29 is 35.3 Å². The minimum Gasteiger partial charge on any atom is -0.741 e. The second-order valence-corrected chi connectivity index (χ2v) is 10.4. The number of pyridine rings is 2. The van der Waals surface area contributed by atoms with Crippen LogP contribution >= 0.6 is 0 Å². The van der Waals surface area contributed by atoms with E-state index in [-0.39, 0.29) is 0 Å². The lowest BCUT2D eigenvalue weighted by molar-refractivity contribution is -0.494. The van der Waals surface area contributed by atoms with E-state index in [0.717, 1.165) is 50.4 Å². The molecule has 3 aromatic heterocycles. The summed E-state index contributed by atoms with van der Waals surface area (Å²) in [5.41, 5.74) is 0.0939. The molecule has 1 N–H and O–H groups in total. The molecule has 3 aromatic carbocycles. The quantitative estimate of drug-likeness (QED) is 0.149. The number of ether oxygens (including phenoxy) is 1. The van der Waals surface area contributed by atoms with Crippen LogP contribution in [0.5, 0.6) is 5.75 Å². The normalized spacial score (nSPS) is 11.6. The lowest BCUT2D eigenvalue weighted by Crippen LogP contribution is -2.23. The summed E-state index contributed by atoms with van der Waals surface area (Å²) in [6.07, 6.45) is 1.89. The minimum atomic E-state index is -6.09. The molecule has 0 bridgehead atoms. The van der Waals surface area contributed by atoms with Gasteiger partial charge in [-0.3, -0.25) is 5.32 Å². The Morgan fingerprint density at radius 1 is 0.952 bits per heavy atom. The van der Waals surface area contributed by atoms with E-state index in [1.54, 1.807) is 7.11 Å². The molecular weight excluding hydrogens is 569 g/mol. The fourth-order valence-electron chi connectivity index (χ4n) is 4.55. The van der Waals surface area contributed by atoms with Crippen LogP contribution in [-0.4, -0.2) is 30.0 Å². The highest BCUT2D eigenvalue weighted by atomic mass is 32.2. The lowest BCUT2D eigenvalue weighted by atomic mass is 10.1. The number of aromatic nitrogens is 2. The molecule has 0 saturated carbocycles. The summed E-state index contributed by atoms with van der Waals surface area (Å²) in [6.45, 7) is 0. The van der Waals surface area contributed by atoms with Crippen LogP contribution in [0.15, 0.2) is 103 Å². The van der Waals surface area contributed by atoms with Gasteiger partial charge in [0.2, 0.25) is 5.65 Å². The largest absolute Gasteiger partial charge is 0.741 e. The van der Waals surface area contributed by atoms with Gasteiger partial charge in [-0.1, -0.05) is 54.6 Å². The zero-order valence-corrected chi connectivity index (χ0v) is 22.6. The van der Waals surface area contributed by atoms with Gasteiger partial charge >= 0.3 is 5.51 Å². The van der Waals surface area contributed by atoms with E-state index in [1.807, 2.05) is 48.7 Å². The van der Waals surface area contributed by atoms with Gasteiger partial charge in [-0.05, 0) is 41.8 Å². The Balaban J connectivity index is 0.000000390. The van der Waals surface area contributed by atoms with Crippen molar-refractivity contribution in [2.24, 2.45) is 0 Å². The molecule has 0 atom stereocenters. The van der Waals surface area contributed by atoms with Crippen molar-refractivity contribution >= 4 is 43.6 Å². The third-order valence-corrected chi connectivity index (χ3v) is 7.00. The third kappa shape index (κ3) is 5.43. The van der Waals surface area contributed by atoms with Crippen molar-refractivity contribution in [2.45, 2.75) is 5.51 Å². The number of alkyl halides is 3. The average Bonchev–Trinajstić information content (AvgIpc) is 3.30. The van der Waals surface area contributed by atoms with Crippen molar-refractivity contribution in [2.75, 3.05) is 12.4 Å². The summed E-state index contributed by atoms with van der Waals surface area (Å²) in [6, 6.07) is 35.0. The number of hydrogen-bond donors (Lipinski definition) is 1. The van der Waals surface area contributed by atoms with E-state index in [2.05, 4.69) is 74.8 Å². The van der Waals surface area contributed by atoms with Crippen LogP contribution in [0.25, 0.3) is 33.2 Å². The number of anilines is 2. The van der Waals surface area contributed by atoms with E-state index in [4.69, 9.17) is 17.7 Å². The van der Waals surface area contributed by atoms with Gasteiger partial charge in [-0.15, -0.1) is 0 Å². The van der Waals surface area contributed by atoms with Crippen molar-refractivity contribution in [3.05, 3.63) is 109 Å². The van der Waals surface area contributed by atoms with Gasteiger partial charge in [-0.25, -0.2) is 17.2 Å². The summed E-state index contributed by atoms with van der Waals surface area (Å²) in [4.78, 5) is 0. The molecular formula is C30H21F3N4O4S. The Morgan fingerprint density at radius 2 is 1.60 bits per heavy atom. The standard InChI is InChI=1S/C29H21N4O.CHF3O3S/c1-34-24-14-12-23(13-15-24)31-29-28-25-10-6-5-9-22(25)17-26(21-7-3-2-4-8-21)33(28)27-16-11-20(18-30)19-32(27)29;2-1(3,4)8(5,6)7/h2-17,19,31H,1H3;(H,5,6,7)/q+1;/p-1. The number of nitrogens with one attached hydrogen (secondary N) is 1. The predicted molar refractivity (Wildman–Crippen MR) is 150 cm³/mol. The Hall–Kier alpha value is -5.12. The van der Waals surface area contributed by atoms with Crippen LogP contribution in [0.2, 0.25) is 0 Å². The van der Waals surface area contributed by atoms with Crippen LogP contribution < -0.4 is 14.5 Å². The van der Waals surface area contributed by atoms with Crippen LogP contribution in [0, 0.1) is 11.3 Å². The number of nitrogens with zero attached hydrogens (tertiary/aromatic N) is 3. The van der Waals surface area contributed by atoms with E-state index >= 15 is 0 Å². The number of fused-ring (bicyclic) bond motifs is 5. The van der Waals surface area contributed by atoms with Crippen molar-refractivity contribution in [3.63, 3.8) is 0 Å². The lowest BCUT2D eigenvalue weighted by Gasteiger charge is -2.08. The monoisotopic (exact) mass is 590 g/mol. The van der Waals surface area contributed by atoms with E-state index in [1.165, 1.54) is 0 Å². The predicted octanol–water partition coefficient (Wildman–Crippen LogP) is 6.17. The van der Waals surface area contributed by atoms with Crippen LogP contribution in [0.4, 0.5) is 24.7 Å². The van der Waals surface area contributed by atoms with E-state index in [0.29, 0.717) is 5.56 Å². The molecule has 3 heterocycles. The zero-order chi connectivity index (χ0) is 30.1. The molecule has 0 saturated heterocycles.